The zero-order valence-electron chi connectivity index (χ0n) is 21.8. The smallest absolute Gasteiger partial charge is 0.414 e. The number of carbonyl (C=O) groups excluding carboxylic acids is 1. The molecule has 1 aromatic heterocycles. The van der Waals surface area contributed by atoms with Crippen LogP contribution in [0.2, 0.25) is 0 Å². The molecule has 1 fully saturated rings. The lowest BCUT2D eigenvalue weighted by atomic mass is 9.89. The molecule has 4 rings (SSSR count). The number of aromatic nitrogens is 3. The van der Waals surface area contributed by atoms with Crippen molar-refractivity contribution in [1.82, 2.24) is 25.6 Å². The molecule has 1 amide bonds. The van der Waals surface area contributed by atoms with Gasteiger partial charge in [-0.25, -0.2) is 9.48 Å². The van der Waals surface area contributed by atoms with Crippen LogP contribution in [0.5, 0.6) is 17.4 Å². The first-order valence-corrected chi connectivity index (χ1v) is 13.1. The SMILES string of the molecule is CCNC(=O)Oc1nnn(-c2cc(C(C)C)c(O)cc2O)c1-c1ccc(CNCC2CCCCC2)cc1. The van der Waals surface area contributed by atoms with Crippen molar-refractivity contribution in [2.75, 3.05) is 13.1 Å². The van der Waals surface area contributed by atoms with Crippen molar-refractivity contribution in [1.29, 1.82) is 0 Å². The van der Waals surface area contributed by atoms with Crippen LogP contribution in [0.1, 0.15) is 69.9 Å². The van der Waals surface area contributed by atoms with Gasteiger partial charge in [-0.05, 0) is 55.3 Å². The first-order valence-electron chi connectivity index (χ1n) is 13.1. The van der Waals surface area contributed by atoms with Gasteiger partial charge in [-0.1, -0.05) is 67.7 Å². The topological polar surface area (TPSA) is 122 Å². The zero-order valence-corrected chi connectivity index (χ0v) is 21.8. The van der Waals surface area contributed by atoms with Gasteiger partial charge in [-0.3, -0.25) is 0 Å². The van der Waals surface area contributed by atoms with E-state index in [1.807, 2.05) is 38.1 Å². The van der Waals surface area contributed by atoms with Gasteiger partial charge < -0.3 is 25.6 Å². The molecule has 37 heavy (non-hydrogen) atoms. The van der Waals surface area contributed by atoms with Crippen molar-refractivity contribution in [2.24, 2.45) is 5.92 Å². The number of phenols is 2. The van der Waals surface area contributed by atoms with Crippen LogP contribution in [-0.4, -0.2) is 44.4 Å². The second-order valence-electron chi connectivity index (χ2n) is 9.96. The van der Waals surface area contributed by atoms with E-state index in [1.165, 1.54) is 42.9 Å². The van der Waals surface area contributed by atoms with Crippen LogP contribution >= 0.6 is 0 Å². The molecule has 0 atom stereocenters. The summed E-state index contributed by atoms with van der Waals surface area (Å²) in [5.74, 6) is 0.629. The van der Waals surface area contributed by atoms with Crippen LogP contribution in [-0.2, 0) is 6.54 Å². The van der Waals surface area contributed by atoms with E-state index in [9.17, 15) is 15.0 Å². The number of phenolic OH excluding ortho intramolecular Hbond substituents is 2. The molecule has 0 bridgehead atoms. The summed E-state index contributed by atoms with van der Waals surface area (Å²) in [6, 6.07) is 10.9. The Kier molecular flexibility index (Phi) is 8.66. The number of carbonyl (C=O) groups is 1. The first kappa shape index (κ1) is 26.5. The Morgan fingerprint density at radius 1 is 1.11 bits per heavy atom. The Morgan fingerprint density at radius 3 is 2.51 bits per heavy atom. The summed E-state index contributed by atoms with van der Waals surface area (Å²) in [6.45, 7) is 7.89. The van der Waals surface area contributed by atoms with Gasteiger partial charge in [-0.2, -0.15) is 0 Å². The second kappa shape index (κ2) is 12.1. The summed E-state index contributed by atoms with van der Waals surface area (Å²) in [7, 11) is 0. The number of aromatic hydroxyl groups is 2. The van der Waals surface area contributed by atoms with E-state index >= 15 is 0 Å². The monoisotopic (exact) mass is 507 g/mol. The predicted octanol–water partition coefficient (Wildman–Crippen LogP) is 5.25. The summed E-state index contributed by atoms with van der Waals surface area (Å²) in [4.78, 5) is 12.2. The third kappa shape index (κ3) is 6.40. The minimum atomic E-state index is -0.642. The predicted molar refractivity (Wildman–Crippen MR) is 142 cm³/mol. The second-order valence-corrected chi connectivity index (χ2v) is 9.96. The standard InChI is InChI=1S/C28H37N5O4/c1-4-30-28(36)37-27-26(33(32-31-27)23-14-22(18(2)3)24(34)15-25(23)35)21-12-10-20(11-13-21)17-29-16-19-8-6-5-7-9-19/h10-15,18-19,29,34-35H,4-9,16-17H2,1-3H3,(H,30,36). The van der Waals surface area contributed by atoms with Crippen molar-refractivity contribution < 1.29 is 19.7 Å². The number of amides is 1. The van der Waals surface area contributed by atoms with Crippen molar-refractivity contribution in [3.8, 4) is 34.3 Å². The number of benzene rings is 2. The van der Waals surface area contributed by atoms with Gasteiger partial charge in [0.25, 0.3) is 5.88 Å². The van der Waals surface area contributed by atoms with Gasteiger partial charge in [0, 0.05) is 24.7 Å². The molecule has 1 heterocycles. The highest BCUT2D eigenvalue weighted by molar-refractivity contribution is 5.75. The highest BCUT2D eigenvalue weighted by Gasteiger charge is 2.23. The number of nitrogens with one attached hydrogen (secondary N) is 2. The van der Waals surface area contributed by atoms with Crippen molar-refractivity contribution in [3.05, 3.63) is 47.5 Å². The van der Waals surface area contributed by atoms with E-state index in [0.717, 1.165) is 30.1 Å². The third-order valence-corrected chi connectivity index (χ3v) is 6.84. The molecule has 0 unspecified atom stereocenters. The molecule has 4 N–H and O–H groups in total. The van der Waals surface area contributed by atoms with Gasteiger partial charge in [0.05, 0.1) is 0 Å². The molecular formula is C28H37N5O4. The lowest BCUT2D eigenvalue weighted by molar-refractivity contribution is 0.199. The van der Waals surface area contributed by atoms with E-state index < -0.39 is 6.09 Å². The maximum Gasteiger partial charge on any atom is 0.414 e. The molecule has 198 valence electrons. The van der Waals surface area contributed by atoms with Gasteiger partial charge in [0.1, 0.15) is 22.9 Å². The molecule has 9 nitrogen and oxygen atoms in total. The molecular weight excluding hydrogens is 470 g/mol. The highest BCUT2D eigenvalue weighted by atomic mass is 16.6. The van der Waals surface area contributed by atoms with E-state index in [2.05, 4.69) is 20.9 Å². The van der Waals surface area contributed by atoms with Gasteiger partial charge in [0.15, 0.2) is 0 Å². The summed E-state index contributed by atoms with van der Waals surface area (Å²) in [6.07, 6.45) is 5.99. The van der Waals surface area contributed by atoms with Crippen LogP contribution in [0, 0.1) is 5.92 Å². The molecule has 0 spiro atoms. The maximum atomic E-state index is 12.2. The molecule has 0 aliphatic heterocycles. The largest absolute Gasteiger partial charge is 0.508 e. The minimum Gasteiger partial charge on any atom is -0.508 e. The van der Waals surface area contributed by atoms with E-state index in [1.54, 1.807) is 13.0 Å². The zero-order chi connectivity index (χ0) is 26.4. The van der Waals surface area contributed by atoms with Crippen molar-refractivity contribution >= 4 is 6.09 Å². The Balaban J connectivity index is 1.63. The summed E-state index contributed by atoms with van der Waals surface area (Å²) >= 11 is 0. The van der Waals surface area contributed by atoms with E-state index in [4.69, 9.17) is 4.74 Å². The number of nitrogens with zero attached hydrogens (tertiary/aromatic N) is 3. The fourth-order valence-corrected chi connectivity index (χ4v) is 4.83. The lowest BCUT2D eigenvalue weighted by Gasteiger charge is -2.21. The molecule has 0 saturated heterocycles. The summed E-state index contributed by atoms with van der Waals surface area (Å²) < 4.78 is 6.89. The quantitative estimate of drug-likeness (QED) is 0.312. The molecule has 3 aromatic rings. The van der Waals surface area contributed by atoms with Gasteiger partial charge in [-0.15, -0.1) is 0 Å². The normalized spacial score (nSPS) is 14.2. The first-order chi connectivity index (χ1) is 17.9. The Hall–Kier alpha value is -3.59. The Labute approximate surface area is 217 Å². The summed E-state index contributed by atoms with van der Waals surface area (Å²) in [5, 5.41) is 35.4. The molecule has 9 heteroatoms. The van der Waals surface area contributed by atoms with Crippen molar-refractivity contribution in [2.45, 2.75) is 65.3 Å². The number of hydrogen-bond donors (Lipinski definition) is 4. The number of rotatable bonds is 9. The Bertz CT molecular complexity index is 1200. The van der Waals surface area contributed by atoms with Crippen LogP contribution in [0.4, 0.5) is 4.79 Å². The van der Waals surface area contributed by atoms with Gasteiger partial charge >= 0.3 is 6.09 Å². The molecule has 1 aliphatic rings. The van der Waals surface area contributed by atoms with Crippen LogP contribution in [0.15, 0.2) is 36.4 Å². The maximum absolute atomic E-state index is 12.2. The summed E-state index contributed by atoms with van der Waals surface area (Å²) in [5.41, 5.74) is 3.26. The fraction of sp³-hybridized carbons (Fsp3) is 0.464. The van der Waals surface area contributed by atoms with Gasteiger partial charge in [0.2, 0.25) is 0 Å². The Morgan fingerprint density at radius 2 is 1.84 bits per heavy atom. The lowest BCUT2D eigenvalue weighted by Crippen LogP contribution is -2.26. The molecule has 0 radical (unpaired) electrons. The average molecular weight is 508 g/mol. The van der Waals surface area contributed by atoms with Crippen LogP contribution < -0.4 is 15.4 Å². The van der Waals surface area contributed by atoms with Crippen LogP contribution in [0.3, 0.4) is 0 Å². The fourth-order valence-electron chi connectivity index (χ4n) is 4.83. The molecule has 1 saturated carbocycles. The van der Waals surface area contributed by atoms with Crippen LogP contribution in [0.25, 0.3) is 16.9 Å². The number of hydrogen-bond acceptors (Lipinski definition) is 7. The minimum absolute atomic E-state index is 0.00166. The number of ether oxygens (including phenoxy) is 1. The molecule has 2 aromatic carbocycles. The third-order valence-electron chi connectivity index (χ3n) is 6.84. The van der Waals surface area contributed by atoms with E-state index in [-0.39, 0.29) is 23.3 Å². The van der Waals surface area contributed by atoms with Crippen molar-refractivity contribution in [3.63, 3.8) is 0 Å². The average Bonchev–Trinajstić information content (AvgIpc) is 3.28. The van der Waals surface area contributed by atoms with E-state index in [0.29, 0.717) is 23.5 Å². The molecule has 1 aliphatic carbocycles. The highest BCUT2D eigenvalue weighted by Crippen LogP contribution is 2.38.